The highest BCUT2D eigenvalue weighted by Crippen LogP contribution is 2.29. The molecule has 0 fully saturated rings. The van der Waals surface area contributed by atoms with E-state index in [1.54, 1.807) is 0 Å². The first-order valence-corrected chi connectivity index (χ1v) is 11.3. The second-order valence-corrected chi connectivity index (χ2v) is 8.75. The number of aromatic hydroxyl groups is 1. The number of carbonyl (C=O) groups is 2. The molecule has 2 N–H and O–H groups in total. The number of amides is 2. The molecular weight excluding hydrogens is 427 g/mol. The maximum atomic E-state index is 13.0. The van der Waals surface area contributed by atoms with Crippen LogP contribution in [0.1, 0.15) is 40.8 Å². The van der Waals surface area contributed by atoms with Crippen molar-refractivity contribution >= 4 is 22.6 Å². The number of fused-ring (bicyclic) bond motifs is 1. The van der Waals surface area contributed by atoms with Gasteiger partial charge in [0.05, 0.1) is 6.04 Å². The second-order valence-electron chi connectivity index (χ2n) is 7.31. The van der Waals surface area contributed by atoms with Gasteiger partial charge in [0.2, 0.25) is 11.7 Å². The van der Waals surface area contributed by atoms with E-state index in [0.717, 1.165) is 0 Å². The fourth-order valence-electron chi connectivity index (χ4n) is 3.45. The van der Waals surface area contributed by atoms with Crippen molar-refractivity contribution in [1.82, 2.24) is 19.8 Å². The van der Waals surface area contributed by atoms with Crippen molar-refractivity contribution in [1.29, 1.82) is 0 Å². The van der Waals surface area contributed by atoms with Gasteiger partial charge in [0.1, 0.15) is 17.4 Å². The van der Waals surface area contributed by atoms with Crippen LogP contribution in [0.2, 0.25) is 0 Å². The van der Waals surface area contributed by atoms with Gasteiger partial charge in [0.15, 0.2) is 5.69 Å². The number of rotatable bonds is 6. The third-order valence-corrected chi connectivity index (χ3v) is 5.75. The van der Waals surface area contributed by atoms with Crippen LogP contribution < -0.4 is 10.9 Å². The van der Waals surface area contributed by atoms with Crippen molar-refractivity contribution < 1.29 is 23.3 Å². The van der Waals surface area contributed by atoms with Crippen molar-refractivity contribution in [3.63, 3.8) is 0 Å². The molecule has 2 unspecified atom stereocenters. The van der Waals surface area contributed by atoms with E-state index in [0.29, 0.717) is 24.9 Å². The minimum Gasteiger partial charge on any atom is -0.501 e. The number of hydrogen-bond donors (Lipinski definition) is 2. The predicted molar refractivity (Wildman–Crippen MR) is 111 cm³/mol. The maximum Gasteiger partial charge on any atom is 0.296 e. The quantitative estimate of drug-likeness (QED) is 0.668. The summed E-state index contributed by atoms with van der Waals surface area (Å²) in [6.07, 6.45) is 2.50. The molecule has 1 aromatic carbocycles. The van der Waals surface area contributed by atoms with E-state index in [9.17, 15) is 28.1 Å². The lowest BCUT2D eigenvalue weighted by Gasteiger charge is -2.33. The molecule has 0 aliphatic carbocycles. The van der Waals surface area contributed by atoms with Gasteiger partial charge >= 0.3 is 0 Å². The van der Waals surface area contributed by atoms with E-state index in [1.165, 1.54) is 47.0 Å². The molecule has 2 heterocycles. The molecule has 0 bridgehead atoms. The molecule has 166 valence electrons. The Balaban J connectivity index is 1.89. The van der Waals surface area contributed by atoms with Crippen LogP contribution in [0.5, 0.6) is 5.75 Å². The Hall–Kier alpha value is -3.08. The molecule has 0 saturated carbocycles. The minimum absolute atomic E-state index is 0.0444. The summed E-state index contributed by atoms with van der Waals surface area (Å²) in [6.45, 7) is 0.341. The van der Waals surface area contributed by atoms with Crippen molar-refractivity contribution in [3.05, 3.63) is 57.5 Å². The van der Waals surface area contributed by atoms with Crippen LogP contribution in [0.25, 0.3) is 0 Å². The van der Waals surface area contributed by atoms with Crippen LogP contribution >= 0.6 is 0 Å². The third kappa shape index (κ3) is 4.98. The zero-order valence-electron chi connectivity index (χ0n) is 17.1. The molecule has 1 aliphatic heterocycles. The van der Waals surface area contributed by atoms with Gasteiger partial charge in [-0.15, -0.1) is 0 Å². The van der Waals surface area contributed by atoms with Crippen molar-refractivity contribution in [3.8, 4) is 5.75 Å². The van der Waals surface area contributed by atoms with Gasteiger partial charge in [0.25, 0.3) is 11.5 Å². The van der Waals surface area contributed by atoms with Crippen molar-refractivity contribution in [2.75, 3.05) is 19.1 Å². The van der Waals surface area contributed by atoms with Gasteiger partial charge in [-0.05, 0) is 30.5 Å². The third-order valence-electron chi connectivity index (χ3n) is 5.10. The lowest BCUT2D eigenvalue weighted by atomic mass is 10.0. The second kappa shape index (κ2) is 9.38. The first kappa shape index (κ1) is 22.6. The summed E-state index contributed by atoms with van der Waals surface area (Å²) in [5.41, 5.74) is -0.577. The maximum absolute atomic E-state index is 13.0. The Bertz CT molecular complexity index is 1090. The van der Waals surface area contributed by atoms with E-state index < -0.39 is 45.6 Å². The monoisotopic (exact) mass is 450 g/mol. The smallest absolute Gasteiger partial charge is 0.296 e. The van der Waals surface area contributed by atoms with Gasteiger partial charge in [-0.2, -0.15) is 0 Å². The highest BCUT2D eigenvalue weighted by Gasteiger charge is 2.32. The molecule has 1 aromatic heterocycles. The number of nitrogens with one attached hydrogen (secondary N) is 1. The molecule has 11 heteroatoms. The zero-order valence-corrected chi connectivity index (χ0v) is 17.9. The van der Waals surface area contributed by atoms with E-state index >= 15 is 0 Å². The molecule has 2 amide bonds. The molecule has 9 nitrogen and oxygen atoms in total. The first-order valence-electron chi connectivity index (χ1n) is 9.61. The van der Waals surface area contributed by atoms with Crippen LogP contribution in [0.15, 0.2) is 29.1 Å². The van der Waals surface area contributed by atoms with Gasteiger partial charge in [0, 0.05) is 37.2 Å². The number of benzene rings is 1. The van der Waals surface area contributed by atoms with Crippen LogP contribution in [-0.2, 0) is 28.7 Å². The number of hydrogen-bond acceptors (Lipinski definition) is 6. The van der Waals surface area contributed by atoms with Gasteiger partial charge in [-0.1, -0.05) is 12.1 Å². The number of carbonyl (C=O) groups excluding carboxylic acids is 2. The highest BCUT2D eigenvalue weighted by atomic mass is 32.2. The Labute approximate surface area is 180 Å². The van der Waals surface area contributed by atoms with E-state index in [2.05, 4.69) is 10.3 Å². The summed E-state index contributed by atoms with van der Waals surface area (Å²) in [5, 5.41) is 12.8. The van der Waals surface area contributed by atoms with Crippen molar-refractivity contribution in [2.45, 2.75) is 32.0 Å². The lowest BCUT2D eigenvalue weighted by Crippen LogP contribution is -2.41. The Kier molecular flexibility index (Phi) is 6.84. The number of aromatic nitrogens is 2. The van der Waals surface area contributed by atoms with Crippen LogP contribution in [0.4, 0.5) is 4.39 Å². The summed E-state index contributed by atoms with van der Waals surface area (Å²) >= 11 is 0. The topological polar surface area (TPSA) is 122 Å². The molecule has 0 saturated heterocycles. The standard InChI is InChI=1S/C20H23FN4O5S/c1-24(15(26)11-31(2)30)14-4-3-9-25-18(14)23-16(17(27)20(25)29)19(28)22-10-12-5-7-13(21)8-6-12/h5-8,14,27H,3-4,9-11H2,1-2H3,(H,22,28). The summed E-state index contributed by atoms with van der Waals surface area (Å²) in [7, 11) is 0.202. The average molecular weight is 450 g/mol. The Morgan fingerprint density at radius 3 is 2.68 bits per heavy atom. The molecule has 3 rings (SSSR count). The molecular formula is C20H23FN4O5S. The predicted octanol–water partition coefficient (Wildman–Crippen LogP) is 0.690. The van der Waals surface area contributed by atoms with Crippen LogP contribution in [0, 0.1) is 5.82 Å². The van der Waals surface area contributed by atoms with E-state index in [-0.39, 0.29) is 24.0 Å². The minimum atomic E-state index is -1.33. The van der Waals surface area contributed by atoms with Gasteiger partial charge in [-0.3, -0.25) is 23.2 Å². The summed E-state index contributed by atoms with van der Waals surface area (Å²) in [5.74, 6) is -2.29. The summed E-state index contributed by atoms with van der Waals surface area (Å²) < 4.78 is 25.7. The zero-order chi connectivity index (χ0) is 22.7. The SMILES string of the molecule is CN(C(=O)CS(C)=O)C1CCCn2c1nc(C(=O)NCc1ccc(F)cc1)c(O)c2=O. The summed E-state index contributed by atoms with van der Waals surface area (Å²) in [4.78, 5) is 43.3. The average Bonchev–Trinajstić information content (AvgIpc) is 2.74. The van der Waals surface area contributed by atoms with Crippen LogP contribution in [-0.4, -0.2) is 54.6 Å². The fourth-order valence-corrected chi connectivity index (χ4v) is 4.00. The Morgan fingerprint density at radius 1 is 1.35 bits per heavy atom. The lowest BCUT2D eigenvalue weighted by molar-refractivity contribution is -0.129. The van der Waals surface area contributed by atoms with Gasteiger partial charge in [-0.25, -0.2) is 9.37 Å². The Morgan fingerprint density at radius 2 is 2.03 bits per heavy atom. The molecule has 0 radical (unpaired) electrons. The van der Waals surface area contributed by atoms with E-state index in [4.69, 9.17) is 0 Å². The number of nitrogens with zero attached hydrogens (tertiary/aromatic N) is 3. The number of halogens is 1. The molecule has 2 atom stereocenters. The van der Waals surface area contributed by atoms with Crippen molar-refractivity contribution in [2.24, 2.45) is 0 Å². The first-order chi connectivity index (χ1) is 14.7. The normalized spacial score (nSPS) is 16.3. The molecule has 1 aliphatic rings. The van der Waals surface area contributed by atoms with E-state index in [1.807, 2.05) is 0 Å². The fraction of sp³-hybridized carbons (Fsp3) is 0.400. The van der Waals surface area contributed by atoms with Gasteiger partial charge < -0.3 is 15.3 Å². The van der Waals surface area contributed by atoms with Crippen LogP contribution in [0.3, 0.4) is 0 Å². The summed E-state index contributed by atoms with van der Waals surface area (Å²) in [6, 6.07) is 4.91. The molecule has 31 heavy (non-hydrogen) atoms. The molecule has 2 aromatic rings. The largest absolute Gasteiger partial charge is 0.501 e. The highest BCUT2D eigenvalue weighted by molar-refractivity contribution is 7.85. The molecule has 0 spiro atoms.